The van der Waals surface area contributed by atoms with E-state index in [4.69, 9.17) is 11.6 Å². The van der Waals surface area contributed by atoms with Crippen molar-refractivity contribution in [2.75, 3.05) is 6.54 Å². The molecule has 2 unspecified atom stereocenters. The van der Waals surface area contributed by atoms with Gasteiger partial charge in [0.1, 0.15) is 0 Å². The number of nitrogens with one attached hydrogen (secondary N) is 1. The first-order valence-electron chi connectivity index (χ1n) is 8.08. The molecular formula is C18H26ClN3O. The summed E-state index contributed by atoms with van der Waals surface area (Å²) < 4.78 is 1.96. The van der Waals surface area contributed by atoms with Gasteiger partial charge in [0.05, 0.1) is 17.5 Å². The Balaban J connectivity index is 2.05. The summed E-state index contributed by atoms with van der Waals surface area (Å²) in [6.45, 7) is 9.78. The zero-order valence-electron chi connectivity index (χ0n) is 14.3. The standard InChI is InChI=1S/C18H26ClN3O/c1-12(9-13(2)23)10-20-11-18-14(3)21-22(15(18)4)17-7-5-16(19)6-8-17/h5-8,12-13,20,23H,9-11H2,1-4H3. The Bertz CT molecular complexity index is 634. The van der Waals surface area contributed by atoms with Gasteiger partial charge in [-0.2, -0.15) is 5.10 Å². The first-order chi connectivity index (χ1) is 10.9. The third-order valence-electron chi connectivity index (χ3n) is 4.05. The normalized spacial score (nSPS) is 14.0. The smallest absolute Gasteiger partial charge is 0.0649 e. The minimum atomic E-state index is -0.247. The molecule has 1 heterocycles. The lowest BCUT2D eigenvalue weighted by molar-refractivity contribution is 0.163. The van der Waals surface area contributed by atoms with Crippen LogP contribution in [0, 0.1) is 19.8 Å². The second-order valence-electron chi connectivity index (χ2n) is 6.36. The molecule has 0 fully saturated rings. The van der Waals surface area contributed by atoms with Gasteiger partial charge in [-0.3, -0.25) is 0 Å². The molecule has 0 aliphatic carbocycles. The molecule has 2 rings (SSSR count). The van der Waals surface area contributed by atoms with E-state index in [0.717, 1.165) is 41.6 Å². The van der Waals surface area contributed by atoms with E-state index in [1.165, 1.54) is 5.56 Å². The zero-order chi connectivity index (χ0) is 17.0. The van der Waals surface area contributed by atoms with Crippen LogP contribution < -0.4 is 5.32 Å². The minimum Gasteiger partial charge on any atom is -0.393 e. The van der Waals surface area contributed by atoms with E-state index in [2.05, 4.69) is 24.3 Å². The molecule has 2 N–H and O–H groups in total. The van der Waals surface area contributed by atoms with Crippen LogP contribution in [0.2, 0.25) is 5.02 Å². The molecular weight excluding hydrogens is 310 g/mol. The lowest BCUT2D eigenvalue weighted by atomic mass is 10.0. The number of rotatable bonds is 7. The van der Waals surface area contributed by atoms with Gasteiger partial charge in [0, 0.05) is 22.8 Å². The van der Waals surface area contributed by atoms with Gasteiger partial charge in [-0.15, -0.1) is 0 Å². The lowest BCUT2D eigenvalue weighted by Gasteiger charge is -2.14. The Morgan fingerprint density at radius 1 is 1.22 bits per heavy atom. The van der Waals surface area contributed by atoms with Gasteiger partial charge in [0.15, 0.2) is 0 Å². The zero-order valence-corrected chi connectivity index (χ0v) is 15.1. The highest BCUT2D eigenvalue weighted by molar-refractivity contribution is 6.30. The summed E-state index contributed by atoms with van der Waals surface area (Å²) in [5.74, 6) is 0.446. The maximum atomic E-state index is 9.43. The van der Waals surface area contributed by atoms with Crippen LogP contribution in [0.15, 0.2) is 24.3 Å². The summed E-state index contributed by atoms with van der Waals surface area (Å²) in [6.07, 6.45) is 0.567. The maximum Gasteiger partial charge on any atom is 0.0649 e. The van der Waals surface area contributed by atoms with E-state index in [0.29, 0.717) is 5.92 Å². The van der Waals surface area contributed by atoms with Crippen LogP contribution in [0.4, 0.5) is 0 Å². The highest BCUT2D eigenvalue weighted by atomic mass is 35.5. The number of aromatic nitrogens is 2. The quantitative estimate of drug-likeness (QED) is 0.812. The van der Waals surface area contributed by atoms with Crippen LogP contribution in [0.5, 0.6) is 0 Å². The molecule has 0 bridgehead atoms. The summed E-state index contributed by atoms with van der Waals surface area (Å²) in [4.78, 5) is 0. The van der Waals surface area contributed by atoms with Crippen molar-refractivity contribution >= 4 is 11.6 Å². The molecule has 0 saturated carbocycles. The van der Waals surface area contributed by atoms with Gasteiger partial charge in [0.25, 0.3) is 0 Å². The predicted octanol–water partition coefficient (Wildman–Crippen LogP) is 3.64. The number of aryl methyl sites for hydroxylation is 1. The monoisotopic (exact) mass is 335 g/mol. The van der Waals surface area contributed by atoms with Crippen molar-refractivity contribution in [2.24, 2.45) is 5.92 Å². The Hall–Kier alpha value is -1.36. The molecule has 0 amide bonds. The Labute approximate surface area is 143 Å². The van der Waals surface area contributed by atoms with Gasteiger partial charge in [0.2, 0.25) is 0 Å². The van der Waals surface area contributed by atoms with Gasteiger partial charge < -0.3 is 10.4 Å². The number of aliphatic hydroxyl groups excluding tert-OH is 1. The Kier molecular flexibility index (Phi) is 6.22. The second kappa shape index (κ2) is 7.95. The van der Waals surface area contributed by atoms with Gasteiger partial charge in [-0.25, -0.2) is 4.68 Å². The van der Waals surface area contributed by atoms with Crippen molar-refractivity contribution in [1.29, 1.82) is 0 Å². The van der Waals surface area contributed by atoms with E-state index in [-0.39, 0.29) is 6.10 Å². The highest BCUT2D eigenvalue weighted by Crippen LogP contribution is 2.19. The van der Waals surface area contributed by atoms with Crippen molar-refractivity contribution in [2.45, 2.75) is 46.8 Å². The fourth-order valence-corrected chi connectivity index (χ4v) is 3.00. The van der Waals surface area contributed by atoms with E-state index < -0.39 is 0 Å². The number of hydrogen-bond acceptors (Lipinski definition) is 3. The average Bonchev–Trinajstić information content (AvgIpc) is 2.75. The third-order valence-corrected chi connectivity index (χ3v) is 4.30. The molecule has 1 aromatic carbocycles. The number of benzene rings is 1. The first-order valence-corrected chi connectivity index (χ1v) is 8.46. The average molecular weight is 336 g/mol. The van der Waals surface area contributed by atoms with Crippen LogP contribution >= 0.6 is 11.6 Å². The van der Waals surface area contributed by atoms with Crippen molar-refractivity contribution in [1.82, 2.24) is 15.1 Å². The molecule has 1 aromatic heterocycles. The molecule has 5 heteroatoms. The van der Waals surface area contributed by atoms with Gasteiger partial charge in [-0.05, 0) is 63.9 Å². The summed E-state index contributed by atoms with van der Waals surface area (Å²) in [6, 6.07) is 7.71. The maximum absolute atomic E-state index is 9.43. The lowest BCUT2D eigenvalue weighted by Crippen LogP contribution is -2.23. The second-order valence-corrected chi connectivity index (χ2v) is 6.79. The van der Waals surface area contributed by atoms with E-state index >= 15 is 0 Å². The number of nitrogens with zero attached hydrogens (tertiary/aromatic N) is 2. The molecule has 0 saturated heterocycles. The van der Waals surface area contributed by atoms with E-state index in [1.54, 1.807) is 0 Å². The minimum absolute atomic E-state index is 0.247. The number of aliphatic hydroxyl groups is 1. The summed E-state index contributed by atoms with van der Waals surface area (Å²) >= 11 is 5.95. The molecule has 4 nitrogen and oxygen atoms in total. The fourth-order valence-electron chi connectivity index (χ4n) is 2.87. The molecule has 23 heavy (non-hydrogen) atoms. The Morgan fingerprint density at radius 2 is 1.87 bits per heavy atom. The summed E-state index contributed by atoms with van der Waals surface area (Å²) in [7, 11) is 0. The van der Waals surface area contributed by atoms with Crippen molar-refractivity contribution in [3.63, 3.8) is 0 Å². The van der Waals surface area contributed by atoms with Gasteiger partial charge >= 0.3 is 0 Å². The predicted molar refractivity (Wildman–Crippen MR) is 95.2 cm³/mol. The first kappa shape index (κ1) is 18.0. The molecule has 0 aliphatic rings. The van der Waals surface area contributed by atoms with Gasteiger partial charge in [-0.1, -0.05) is 18.5 Å². The topological polar surface area (TPSA) is 50.1 Å². The molecule has 2 aromatic rings. The van der Waals surface area contributed by atoms with Crippen LogP contribution in [-0.2, 0) is 6.54 Å². The van der Waals surface area contributed by atoms with Crippen molar-refractivity contribution < 1.29 is 5.11 Å². The van der Waals surface area contributed by atoms with Crippen molar-refractivity contribution in [3.05, 3.63) is 46.2 Å². The van der Waals surface area contributed by atoms with Crippen LogP contribution in [0.25, 0.3) is 5.69 Å². The molecule has 2 atom stereocenters. The number of hydrogen-bond donors (Lipinski definition) is 2. The summed E-state index contributed by atoms with van der Waals surface area (Å²) in [5.41, 5.74) is 4.42. The Morgan fingerprint density at radius 3 is 2.48 bits per heavy atom. The van der Waals surface area contributed by atoms with E-state index in [9.17, 15) is 5.11 Å². The molecule has 0 spiro atoms. The number of halogens is 1. The van der Waals surface area contributed by atoms with Crippen molar-refractivity contribution in [3.8, 4) is 5.69 Å². The molecule has 126 valence electrons. The van der Waals surface area contributed by atoms with Crippen LogP contribution in [0.3, 0.4) is 0 Å². The largest absolute Gasteiger partial charge is 0.393 e. The molecule has 0 radical (unpaired) electrons. The summed E-state index contributed by atoms with van der Waals surface area (Å²) in [5, 5.41) is 18.3. The SMILES string of the molecule is Cc1nn(-c2ccc(Cl)cc2)c(C)c1CNCC(C)CC(C)O. The third kappa shape index (κ3) is 4.80. The van der Waals surface area contributed by atoms with Crippen LogP contribution in [0.1, 0.15) is 37.2 Å². The van der Waals surface area contributed by atoms with E-state index in [1.807, 2.05) is 42.8 Å². The fraction of sp³-hybridized carbons (Fsp3) is 0.500. The van der Waals surface area contributed by atoms with Crippen LogP contribution in [-0.4, -0.2) is 27.5 Å². The molecule has 0 aliphatic heterocycles. The highest BCUT2D eigenvalue weighted by Gasteiger charge is 2.13.